The van der Waals surface area contributed by atoms with E-state index in [0.29, 0.717) is 5.56 Å². The van der Waals surface area contributed by atoms with Gasteiger partial charge in [0.2, 0.25) is 15.8 Å². The van der Waals surface area contributed by atoms with E-state index in [0.717, 1.165) is 34.1 Å². The zero-order chi connectivity index (χ0) is 20.2. The first-order valence-corrected chi connectivity index (χ1v) is 9.57. The number of carbonyl (C=O) groups is 2. The molecule has 0 aliphatic rings. The van der Waals surface area contributed by atoms with Gasteiger partial charge in [-0.2, -0.15) is 4.31 Å². The van der Waals surface area contributed by atoms with Crippen LogP contribution in [-0.2, 0) is 19.6 Å². The third kappa shape index (κ3) is 5.21. The van der Waals surface area contributed by atoms with E-state index < -0.39 is 34.5 Å². The van der Waals surface area contributed by atoms with Crippen LogP contribution in [0.15, 0.2) is 53.4 Å². The van der Waals surface area contributed by atoms with E-state index in [1.807, 2.05) is 6.92 Å². The lowest BCUT2D eigenvalue weighted by Crippen LogP contribution is -2.35. The molecule has 0 amide bonds. The summed E-state index contributed by atoms with van der Waals surface area (Å²) in [6.45, 7) is 2.73. The van der Waals surface area contributed by atoms with Crippen LogP contribution in [0.25, 0.3) is 0 Å². The Balaban J connectivity index is 2.00. The van der Waals surface area contributed by atoms with Crippen LogP contribution in [0.4, 0.5) is 4.39 Å². The summed E-state index contributed by atoms with van der Waals surface area (Å²) in [6.07, 6.45) is -1.05. The average molecular weight is 393 g/mol. The number of Topliss-reactive ketones (excluding diaryl/α,β-unsaturated/α-hetero) is 1. The lowest BCUT2D eigenvalue weighted by atomic mass is 10.1. The lowest BCUT2D eigenvalue weighted by Gasteiger charge is -2.18. The standard InChI is InChI=1S/C19H20FNO5S/c1-13-4-6-15(7-5-13)19(23)14(2)26-18(22)12-21(3)27(24,25)17-10-8-16(20)9-11-17/h4-11,14H,12H2,1-3H3/t14-/m1/s1. The Morgan fingerprint density at radius 3 is 2.19 bits per heavy atom. The maximum atomic E-state index is 13.0. The van der Waals surface area contributed by atoms with Gasteiger partial charge in [-0.25, -0.2) is 12.8 Å². The topological polar surface area (TPSA) is 80.8 Å². The molecule has 0 unspecified atom stereocenters. The minimum atomic E-state index is -3.98. The van der Waals surface area contributed by atoms with E-state index in [-0.39, 0.29) is 10.7 Å². The van der Waals surface area contributed by atoms with Crippen LogP contribution >= 0.6 is 0 Å². The Morgan fingerprint density at radius 2 is 1.63 bits per heavy atom. The number of hydrogen-bond acceptors (Lipinski definition) is 5. The summed E-state index contributed by atoms with van der Waals surface area (Å²) in [5.74, 6) is -1.82. The van der Waals surface area contributed by atoms with Gasteiger partial charge in [0, 0.05) is 12.6 Å². The third-order valence-electron chi connectivity index (χ3n) is 3.89. The third-order valence-corrected chi connectivity index (χ3v) is 5.70. The van der Waals surface area contributed by atoms with Gasteiger partial charge < -0.3 is 4.74 Å². The summed E-state index contributed by atoms with van der Waals surface area (Å²) in [7, 11) is -2.78. The predicted octanol–water partition coefficient (Wildman–Crippen LogP) is 2.57. The van der Waals surface area contributed by atoms with Gasteiger partial charge in [-0.15, -0.1) is 0 Å². The van der Waals surface area contributed by atoms with Crippen LogP contribution in [0.3, 0.4) is 0 Å². The normalized spacial score (nSPS) is 12.6. The number of nitrogens with zero attached hydrogens (tertiary/aromatic N) is 1. The lowest BCUT2D eigenvalue weighted by molar-refractivity contribution is -0.146. The number of likely N-dealkylation sites (N-methyl/N-ethyl adjacent to an activating group) is 1. The van der Waals surface area contributed by atoms with Crippen molar-refractivity contribution < 1.29 is 27.1 Å². The van der Waals surface area contributed by atoms with Gasteiger partial charge in [-0.1, -0.05) is 29.8 Å². The predicted molar refractivity (Wildman–Crippen MR) is 97.3 cm³/mol. The number of halogens is 1. The molecule has 0 aromatic heterocycles. The van der Waals surface area contributed by atoms with Crippen molar-refractivity contribution in [3.05, 3.63) is 65.5 Å². The highest BCUT2D eigenvalue weighted by atomic mass is 32.2. The summed E-state index contributed by atoms with van der Waals surface area (Å²) in [6, 6.07) is 11.0. The SMILES string of the molecule is Cc1ccc(C(=O)[C@@H](C)OC(=O)CN(C)S(=O)(=O)c2ccc(F)cc2)cc1. The number of ether oxygens (including phenoxy) is 1. The Hall–Kier alpha value is -2.58. The molecule has 0 fully saturated rings. The van der Waals surface area contributed by atoms with Crippen molar-refractivity contribution in [1.82, 2.24) is 4.31 Å². The molecule has 0 aliphatic heterocycles. The second kappa shape index (κ2) is 8.41. The number of sulfonamides is 1. The first-order valence-electron chi connectivity index (χ1n) is 8.13. The fourth-order valence-electron chi connectivity index (χ4n) is 2.29. The zero-order valence-electron chi connectivity index (χ0n) is 15.2. The Labute approximate surface area is 157 Å². The van der Waals surface area contributed by atoms with E-state index in [4.69, 9.17) is 4.74 Å². The van der Waals surface area contributed by atoms with Crippen LogP contribution in [0.5, 0.6) is 0 Å². The average Bonchev–Trinajstić information content (AvgIpc) is 2.61. The van der Waals surface area contributed by atoms with Crippen molar-refractivity contribution in [3.63, 3.8) is 0 Å². The number of aryl methyl sites for hydroxylation is 1. The highest BCUT2D eigenvalue weighted by molar-refractivity contribution is 7.89. The molecule has 0 bridgehead atoms. The molecule has 2 aromatic carbocycles. The minimum absolute atomic E-state index is 0.150. The number of benzene rings is 2. The summed E-state index contributed by atoms with van der Waals surface area (Å²) < 4.78 is 43.6. The minimum Gasteiger partial charge on any atom is -0.453 e. The summed E-state index contributed by atoms with van der Waals surface area (Å²) >= 11 is 0. The maximum Gasteiger partial charge on any atom is 0.322 e. The van der Waals surface area contributed by atoms with Gasteiger partial charge in [0.25, 0.3) is 0 Å². The molecule has 27 heavy (non-hydrogen) atoms. The van der Waals surface area contributed by atoms with Crippen LogP contribution in [0.1, 0.15) is 22.8 Å². The molecule has 0 aliphatic carbocycles. The van der Waals surface area contributed by atoms with Crippen molar-refractivity contribution in [3.8, 4) is 0 Å². The van der Waals surface area contributed by atoms with Crippen molar-refractivity contribution in [2.75, 3.05) is 13.6 Å². The summed E-state index contributed by atoms with van der Waals surface area (Å²) in [4.78, 5) is 24.2. The maximum absolute atomic E-state index is 13.0. The van der Waals surface area contributed by atoms with Crippen molar-refractivity contribution in [2.24, 2.45) is 0 Å². The molecule has 0 radical (unpaired) electrons. The van der Waals surface area contributed by atoms with Crippen LogP contribution in [-0.4, -0.2) is 44.2 Å². The molecule has 1 atom stereocenters. The number of ketones is 1. The molecule has 0 heterocycles. The second-order valence-electron chi connectivity index (χ2n) is 6.08. The number of hydrogen-bond donors (Lipinski definition) is 0. The van der Waals surface area contributed by atoms with Gasteiger partial charge in [-0.05, 0) is 38.1 Å². The molecule has 0 N–H and O–H groups in total. The van der Waals surface area contributed by atoms with Crippen molar-refractivity contribution in [1.29, 1.82) is 0 Å². The molecule has 2 rings (SSSR count). The van der Waals surface area contributed by atoms with Gasteiger partial charge in [0.05, 0.1) is 4.90 Å². The molecular weight excluding hydrogens is 373 g/mol. The fraction of sp³-hybridized carbons (Fsp3) is 0.263. The Kier molecular flexibility index (Phi) is 6.45. The van der Waals surface area contributed by atoms with Gasteiger partial charge in [0.1, 0.15) is 12.4 Å². The largest absolute Gasteiger partial charge is 0.453 e. The summed E-state index contributed by atoms with van der Waals surface area (Å²) in [5.41, 5.74) is 1.39. The smallest absolute Gasteiger partial charge is 0.322 e. The fourth-order valence-corrected chi connectivity index (χ4v) is 3.41. The van der Waals surface area contributed by atoms with Crippen LogP contribution in [0.2, 0.25) is 0 Å². The van der Waals surface area contributed by atoms with Crippen LogP contribution < -0.4 is 0 Å². The highest BCUT2D eigenvalue weighted by Crippen LogP contribution is 2.15. The summed E-state index contributed by atoms with van der Waals surface area (Å²) in [5, 5.41) is 0. The first kappa shape index (κ1) is 20.7. The van der Waals surface area contributed by atoms with Gasteiger partial charge in [0.15, 0.2) is 6.10 Å². The molecule has 0 spiro atoms. The highest BCUT2D eigenvalue weighted by Gasteiger charge is 2.26. The molecule has 0 saturated carbocycles. The molecule has 0 saturated heterocycles. The quantitative estimate of drug-likeness (QED) is 0.534. The molecule has 8 heteroatoms. The zero-order valence-corrected chi connectivity index (χ0v) is 16.0. The second-order valence-corrected chi connectivity index (χ2v) is 8.12. The van der Waals surface area contributed by atoms with Crippen molar-refractivity contribution >= 4 is 21.8 Å². The van der Waals surface area contributed by atoms with Crippen molar-refractivity contribution in [2.45, 2.75) is 24.8 Å². The van der Waals surface area contributed by atoms with E-state index >= 15 is 0 Å². The van der Waals surface area contributed by atoms with E-state index in [1.165, 1.54) is 14.0 Å². The molecular formula is C19H20FNO5S. The monoisotopic (exact) mass is 393 g/mol. The van der Waals surface area contributed by atoms with Crippen LogP contribution in [0, 0.1) is 12.7 Å². The Morgan fingerprint density at radius 1 is 1.07 bits per heavy atom. The van der Waals surface area contributed by atoms with E-state index in [9.17, 15) is 22.4 Å². The molecule has 6 nitrogen and oxygen atoms in total. The number of esters is 1. The number of rotatable bonds is 7. The Bertz CT molecular complexity index is 924. The molecule has 144 valence electrons. The van der Waals surface area contributed by atoms with E-state index in [2.05, 4.69) is 0 Å². The first-order chi connectivity index (χ1) is 12.6. The van der Waals surface area contributed by atoms with E-state index in [1.54, 1.807) is 24.3 Å². The number of carbonyl (C=O) groups excluding carboxylic acids is 2. The van der Waals surface area contributed by atoms with Gasteiger partial charge >= 0.3 is 5.97 Å². The molecule has 2 aromatic rings. The van der Waals surface area contributed by atoms with Gasteiger partial charge in [-0.3, -0.25) is 9.59 Å².